The molecule has 1 fully saturated rings. The van der Waals surface area contributed by atoms with Gasteiger partial charge in [-0.05, 0) is 31.2 Å². The molecular formula is C20H26N4O. The molecule has 0 atom stereocenters. The number of aromatic nitrogens is 1. The van der Waals surface area contributed by atoms with E-state index in [0.29, 0.717) is 6.42 Å². The SMILES string of the molecule is CCC(=O)Nc1cnc(N2CCN(C)CC2)cc1-c1ccccc1C. The van der Waals surface area contributed by atoms with Crippen LogP contribution in [0, 0.1) is 6.92 Å². The minimum atomic E-state index is 0.00369. The highest BCUT2D eigenvalue weighted by atomic mass is 16.1. The van der Waals surface area contributed by atoms with Crippen LogP contribution in [0.1, 0.15) is 18.9 Å². The zero-order valence-corrected chi connectivity index (χ0v) is 15.2. The Hall–Kier alpha value is -2.40. The molecule has 1 aliphatic heterocycles. The minimum Gasteiger partial charge on any atom is -0.354 e. The van der Waals surface area contributed by atoms with Gasteiger partial charge in [0.15, 0.2) is 0 Å². The van der Waals surface area contributed by atoms with Gasteiger partial charge in [0, 0.05) is 38.2 Å². The lowest BCUT2D eigenvalue weighted by Crippen LogP contribution is -2.44. The molecule has 0 spiro atoms. The van der Waals surface area contributed by atoms with Crippen molar-refractivity contribution in [3.05, 3.63) is 42.1 Å². The number of likely N-dealkylation sites (N-methyl/N-ethyl adjacent to an activating group) is 1. The first-order valence-corrected chi connectivity index (χ1v) is 8.88. The normalized spacial score (nSPS) is 15.2. The van der Waals surface area contributed by atoms with Gasteiger partial charge in [0.2, 0.25) is 5.91 Å². The van der Waals surface area contributed by atoms with Gasteiger partial charge in [-0.3, -0.25) is 4.79 Å². The average molecular weight is 338 g/mol. The summed E-state index contributed by atoms with van der Waals surface area (Å²) >= 11 is 0. The van der Waals surface area contributed by atoms with Crippen molar-refractivity contribution >= 4 is 17.4 Å². The second-order valence-corrected chi connectivity index (χ2v) is 6.60. The van der Waals surface area contributed by atoms with Crippen molar-refractivity contribution in [2.24, 2.45) is 0 Å². The maximum atomic E-state index is 11.9. The summed E-state index contributed by atoms with van der Waals surface area (Å²) in [6.07, 6.45) is 2.25. The number of pyridine rings is 1. The van der Waals surface area contributed by atoms with E-state index >= 15 is 0 Å². The Balaban J connectivity index is 2.00. The van der Waals surface area contributed by atoms with Crippen LogP contribution in [0.5, 0.6) is 0 Å². The van der Waals surface area contributed by atoms with Crippen molar-refractivity contribution in [1.82, 2.24) is 9.88 Å². The molecule has 2 heterocycles. The van der Waals surface area contributed by atoms with Crippen LogP contribution in [0.2, 0.25) is 0 Å². The number of nitrogens with one attached hydrogen (secondary N) is 1. The molecule has 1 aliphatic rings. The third kappa shape index (κ3) is 3.99. The zero-order chi connectivity index (χ0) is 17.8. The third-order valence-electron chi connectivity index (χ3n) is 4.75. The number of rotatable bonds is 4. The van der Waals surface area contributed by atoms with Crippen LogP contribution in [0.4, 0.5) is 11.5 Å². The molecule has 5 heteroatoms. The third-order valence-corrected chi connectivity index (χ3v) is 4.75. The fourth-order valence-corrected chi connectivity index (χ4v) is 3.09. The number of aryl methyl sites for hydroxylation is 1. The molecule has 1 N–H and O–H groups in total. The van der Waals surface area contributed by atoms with Crippen LogP contribution in [0.25, 0.3) is 11.1 Å². The highest BCUT2D eigenvalue weighted by molar-refractivity contribution is 5.96. The number of carbonyl (C=O) groups is 1. The molecule has 0 saturated carbocycles. The van der Waals surface area contributed by atoms with Gasteiger partial charge >= 0.3 is 0 Å². The maximum absolute atomic E-state index is 11.9. The molecule has 1 aromatic carbocycles. The Bertz CT molecular complexity index is 751. The molecule has 132 valence electrons. The Kier molecular flexibility index (Phi) is 5.34. The van der Waals surface area contributed by atoms with Gasteiger partial charge in [0.05, 0.1) is 11.9 Å². The smallest absolute Gasteiger partial charge is 0.224 e. The van der Waals surface area contributed by atoms with E-state index in [4.69, 9.17) is 0 Å². The molecule has 0 unspecified atom stereocenters. The summed E-state index contributed by atoms with van der Waals surface area (Å²) in [5, 5.41) is 2.99. The number of hydrogen-bond donors (Lipinski definition) is 1. The van der Waals surface area contributed by atoms with E-state index in [2.05, 4.69) is 52.3 Å². The summed E-state index contributed by atoms with van der Waals surface area (Å²) in [5.74, 6) is 0.977. The van der Waals surface area contributed by atoms with Crippen LogP contribution in [0.3, 0.4) is 0 Å². The van der Waals surface area contributed by atoms with Crippen molar-refractivity contribution in [3.63, 3.8) is 0 Å². The van der Waals surface area contributed by atoms with Crippen molar-refractivity contribution in [2.75, 3.05) is 43.4 Å². The van der Waals surface area contributed by atoms with Crippen molar-refractivity contribution in [2.45, 2.75) is 20.3 Å². The van der Waals surface area contributed by atoms with Crippen molar-refractivity contribution in [1.29, 1.82) is 0 Å². The monoisotopic (exact) mass is 338 g/mol. The minimum absolute atomic E-state index is 0.00369. The van der Waals surface area contributed by atoms with E-state index in [9.17, 15) is 4.79 Å². The van der Waals surface area contributed by atoms with Gasteiger partial charge < -0.3 is 15.1 Å². The summed E-state index contributed by atoms with van der Waals surface area (Å²) in [4.78, 5) is 21.2. The van der Waals surface area contributed by atoms with E-state index in [0.717, 1.165) is 48.8 Å². The molecule has 0 radical (unpaired) electrons. The molecule has 1 aromatic heterocycles. The number of amides is 1. The predicted octanol–water partition coefficient (Wildman–Crippen LogP) is 3.16. The van der Waals surface area contributed by atoms with Crippen LogP contribution in [-0.2, 0) is 4.79 Å². The van der Waals surface area contributed by atoms with Gasteiger partial charge in [0.25, 0.3) is 0 Å². The summed E-state index contributed by atoms with van der Waals surface area (Å²) in [6, 6.07) is 10.4. The Labute approximate surface area is 149 Å². The lowest BCUT2D eigenvalue weighted by molar-refractivity contribution is -0.115. The maximum Gasteiger partial charge on any atom is 0.224 e. The second kappa shape index (κ2) is 7.66. The lowest BCUT2D eigenvalue weighted by atomic mass is 9.99. The highest BCUT2D eigenvalue weighted by Crippen LogP contribution is 2.33. The Morgan fingerprint density at radius 2 is 1.88 bits per heavy atom. The summed E-state index contributed by atoms with van der Waals surface area (Å²) in [7, 11) is 2.15. The number of nitrogens with zero attached hydrogens (tertiary/aromatic N) is 3. The number of hydrogen-bond acceptors (Lipinski definition) is 4. The lowest BCUT2D eigenvalue weighted by Gasteiger charge is -2.33. The quantitative estimate of drug-likeness (QED) is 0.930. The molecule has 0 bridgehead atoms. The van der Waals surface area contributed by atoms with E-state index in [1.807, 2.05) is 19.1 Å². The molecule has 2 aromatic rings. The molecule has 1 saturated heterocycles. The summed E-state index contributed by atoms with van der Waals surface area (Å²) in [6.45, 7) is 7.96. The van der Waals surface area contributed by atoms with Gasteiger partial charge in [-0.2, -0.15) is 0 Å². The summed E-state index contributed by atoms with van der Waals surface area (Å²) < 4.78 is 0. The van der Waals surface area contributed by atoms with E-state index in [1.54, 1.807) is 6.20 Å². The van der Waals surface area contributed by atoms with Gasteiger partial charge in [-0.15, -0.1) is 0 Å². The van der Waals surface area contributed by atoms with Crippen molar-refractivity contribution < 1.29 is 4.79 Å². The largest absolute Gasteiger partial charge is 0.354 e. The van der Waals surface area contributed by atoms with E-state index < -0.39 is 0 Å². The molecule has 3 rings (SSSR count). The van der Waals surface area contributed by atoms with Crippen LogP contribution < -0.4 is 10.2 Å². The van der Waals surface area contributed by atoms with E-state index in [-0.39, 0.29) is 5.91 Å². The second-order valence-electron chi connectivity index (χ2n) is 6.60. The van der Waals surface area contributed by atoms with Gasteiger partial charge in [-0.1, -0.05) is 31.2 Å². The van der Waals surface area contributed by atoms with Crippen LogP contribution >= 0.6 is 0 Å². The van der Waals surface area contributed by atoms with E-state index in [1.165, 1.54) is 5.56 Å². The van der Waals surface area contributed by atoms with Crippen LogP contribution in [0.15, 0.2) is 36.5 Å². The molecular weight excluding hydrogens is 312 g/mol. The molecule has 25 heavy (non-hydrogen) atoms. The standard InChI is InChI=1S/C20H26N4O/c1-4-20(25)22-18-14-21-19(24-11-9-23(3)10-12-24)13-17(18)16-8-6-5-7-15(16)2/h5-8,13-14H,4,9-12H2,1-3H3,(H,22,25). The molecule has 1 amide bonds. The average Bonchev–Trinajstić information content (AvgIpc) is 2.63. The summed E-state index contributed by atoms with van der Waals surface area (Å²) in [5.41, 5.74) is 4.12. The topological polar surface area (TPSA) is 48.5 Å². The highest BCUT2D eigenvalue weighted by Gasteiger charge is 2.18. The van der Waals surface area contributed by atoms with Gasteiger partial charge in [-0.25, -0.2) is 4.98 Å². The molecule has 0 aliphatic carbocycles. The van der Waals surface area contributed by atoms with Crippen molar-refractivity contribution in [3.8, 4) is 11.1 Å². The fourth-order valence-electron chi connectivity index (χ4n) is 3.09. The number of carbonyl (C=O) groups excluding carboxylic acids is 1. The van der Waals surface area contributed by atoms with Gasteiger partial charge in [0.1, 0.15) is 5.82 Å². The number of anilines is 2. The Morgan fingerprint density at radius 3 is 2.56 bits per heavy atom. The number of benzene rings is 1. The Morgan fingerprint density at radius 1 is 1.16 bits per heavy atom. The first-order chi connectivity index (χ1) is 12.1. The first kappa shape index (κ1) is 17.4. The zero-order valence-electron chi connectivity index (χ0n) is 15.2. The number of piperazine rings is 1. The first-order valence-electron chi connectivity index (χ1n) is 8.88. The van der Waals surface area contributed by atoms with Crippen LogP contribution in [-0.4, -0.2) is 49.0 Å². The fraction of sp³-hybridized carbons (Fsp3) is 0.400. The predicted molar refractivity (Wildman–Crippen MR) is 103 cm³/mol. The molecule has 5 nitrogen and oxygen atoms in total.